The summed E-state index contributed by atoms with van der Waals surface area (Å²) in [5.41, 5.74) is -0.687. The van der Waals surface area contributed by atoms with Gasteiger partial charge in [-0.3, -0.25) is 14.2 Å². The van der Waals surface area contributed by atoms with Gasteiger partial charge in [-0.05, 0) is 48.4 Å². The van der Waals surface area contributed by atoms with Gasteiger partial charge in [0, 0.05) is 12.6 Å². The number of nitrogens with two attached hydrogens (primary N) is 1. The number of thioether (sulfide) groups is 1. The molecule has 16 heteroatoms. The van der Waals surface area contributed by atoms with E-state index in [9.17, 15) is 31.2 Å². The Hall–Kier alpha value is -3.79. The molecule has 228 valence electrons. The Labute approximate surface area is 253 Å². The van der Waals surface area contributed by atoms with E-state index in [1.165, 1.54) is 43.1 Å². The lowest BCUT2D eigenvalue weighted by atomic mass is 10.1. The molecular formula is C27H24ClF3N4O6S2. The molecule has 1 amide bonds. The number of carbonyl (C=O) groups is 1. The predicted octanol–water partition coefficient (Wildman–Crippen LogP) is 4.71. The molecule has 3 aromatic carbocycles. The van der Waals surface area contributed by atoms with E-state index in [1.54, 1.807) is 12.1 Å². The molecule has 0 aliphatic heterocycles. The predicted molar refractivity (Wildman–Crippen MR) is 156 cm³/mol. The van der Waals surface area contributed by atoms with Crippen LogP contribution in [0.3, 0.4) is 0 Å². The molecule has 43 heavy (non-hydrogen) atoms. The number of nitrogens with one attached hydrogen (secondary N) is 1. The summed E-state index contributed by atoms with van der Waals surface area (Å²) in [5.74, 6) is -0.377. The minimum absolute atomic E-state index is 0.0649. The van der Waals surface area contributed by atoms with Crippen LogP contribution in [-0.4, -0.2) is 43.8 Å². The van der Waals surface area contributed by atoms with Gasteiger partial charge in [0.15, 0.2) is 16.7 Å². The number of carbonyl (C=O) groups excluding carboxylic acids is 1. The van der Waals surface area contributed by atoms with Gasteiger partial charge in [-0.15, -0.1) is 0 Å². The molecule has 3 N–H and O–H groups in total. The zero-order valence-corrected chi connectivity index (χ0v) is 25.0. The maximum absolute atomic E-state index is 13.6. The van der Waals surface area contributed by atoms with Crippen LogP contribution in [0.25, 0.3) is 10.9 Å². The molecule has 0 aliphatic carbocycles. The van der Waals surface area contributed by atoms with Crippen molar-refractivity contribution in [2.75, 3.05) is 25.3 Å². The number of rotatable bonds is 10. The van der Waals surface area contributed by atoms with E-state index in [0.29, 0.717) is 17.1 Å². The molecule has 0 radical (unpaired) electrons. The molecule has 0 saturated heterocycles. The van der Waals surface area contributed by atoms with Crippen LogP contribution in [-0.2, 0) is 34.0 Å². The number of benzene rings is 3. The molecule has 4 rings (SSSR count). The molecule has 0 aliphatic rings. The van der Waals surface area contributed by atoms with Gasteiger partial charge in [0.25, 0.3) is 5.56 Å². The van der Waals surface area contributed by atoms with Crippen molar-refractivity contribution in [2.24, 2.45) is 5.14 Å². The molecular weight excluding hydrogens is 633 g/mol. The summed E-state index contributed by atoms with van der Waals surface area (Å²) in [6.45, 7) is 0.0915. The Morgan fingerprint density at radius 3 is 2.33 bits per heavy atom. The van der Waals surface area contributed by atoms with Crippen molar-refractivity contribution in [1.29, 1.82) is 0 Å². The Morgan fingerprint density at radius 2 is 1.72 bits per heavy atom. The molecule has 4 aromatic rings. The van der Waals surface area contributed by atoms with Gasteiger partial charge in [-0.25, -0.2) is 18.5 Å². The van der Waals surface area contributed by atoms with E-state index in [0.717, 1.165) is 30.0 Å². The lowest BCUT2D eigenvalue weighted by Crippen LogP contribution is -2.25. The van der Waals surface area contributed by atoms with Gasteiger partial charge in [0.05, 0.1) is 52.0 Å². The second-order valence-electron chi connectivity index (χ2n) is 9.04. The number of methoxy groups -OCH3 is 2. The van der Waals surface area contributed by atoms with Crippen LogP contribution in [0.1, 0.15) is 11.1 Å². The molecule has 0 fully saturated rings. The smallest absolute Gasteiger partial charge is 0.416 e. The first kappa shape index (κ1) is 32.1. The highest BCUT2D eigenvalue weighted by Crippen LogP contribution is 2.34. The summed E-state index contributed by atoms with van der Waals surface area (Å²) in [4.78, 5) is 30.9. The zero-order chi connectivity index (χ0) is 31.5. The number of anilines is 1. The summed E-state index contributed by atoms with van der Waals surface area (Å²) in [7, 11) is -1.04. The van der Waals surface area contributed by atoms with Crippen molar-refractivity contribution in [3.8, 4) is 11.5 Å². The molecule has 0 unspecified atom stereocenters. The molecule has 1 aromatic heterocycles. The lowest BCUT2D eigenvalue weighted by molar-refractivity contribution is -0.137. The van der Waals surface area contributed by atoms with Crippen LogP contribution in [0, 0.1) is 0 Å². The summed E-state index contributed by atoms with van der Waals surface area (Å²) in [6, 6.07) is 11.4. The van der Waals surface area contributed by atoms with Gasteiger partial charge in [-0.2, -0.15) is 13.2 Å². The highest BCUT2D eigenvalue weighted by Gasteiger charge is 2.31. The SMILES string of the molecule is COc1cc2nc(SCC(=O)Nc3cc(C(F)(F)F)ccc3Cl)n(CCc3ccc(S(N)(=O)=O)cc3)c(=O)c2cc1OC. The highest BCUT2D eigenvalue weighted by atomic mass is 35.5. The Balaban J connectivity index is 1.65. The first-order valence-corrected chi connectivity index (χ1v) is 15.2. The fraction of sp³-hybridized carbons (Fsp3) is 0.222. The summed E-state index contributed by atoms with van der Waals surface area (Å²) >= 11 is 6.89. The third kappa shape index (κ3) is 7.60. The van der Waals surface area contributed by atoms with Gasteiger partial charge in [-0.1, -0.05) is 35.5 Å². The molecule has 0 saturated carbocycles. The van der Waals surface area contributed by atoms with E-state index < -0.39 is 33.2 Å². The van der Waals surface area contributed by atoms with Crippen molar-refractivity contribution < 1.29 is 35.9 Å². The molecule has 1 heterocycles. The number of aromatic nitrogens is 2. The van der Waals surface area contributed by atoms with Crippen LogP contribution < -0.4 is 25.5 Å². The van der Waals surface area contributed by atoms with Crippen LogP contribution in [0.15, 0.2) is 69.4 Å². The normalized spacial score (nSPS) is 11.9. The average molecular weight is 657 g/mol. The second-order valence-corrected chi connectivity index (χ2v) is 12.0. The van der Waals surface area contributed by atoms with Crippen molar-refractivity contribution in [3.05, 3.63) is 81.1 Å². The van der Waals surface area contributed by atoms with Crippen LogP contribution in [0.4, 0.5) is 18.9 Å². The van der Waals surface area contributed by atoms with E-state index in [1.807, 2.05) is 0 Å². The summed E-state index contributed by atoms with van der Waals surface area (Å²) < 4.78 is 74.5. The summed E-state index contributed by atoms with van der Waals surface area (Å²) in [6.07, 6.45) is -4.35. The number of fused-ring (bicyclic) bond motifs is 1. The number of hydrogen-bond acceptors (Lipinski definition) is 8. The molecule has 0 spiro atoms. The minimum Gasteiger partial charge on any atom is -0.493 e. The largest absolute Gasteiger partial charge is 0.493 e. The van der Waals surface area contributed by atoms with Gasteiger partial charge in [0.2, 0.25) is 15.9 Å². The van der Waals surface area contributed by atoms with Crippen LogP contribution in [0.2, 0.25) is 5.02 Å². The van der Waals surface area contributed by atoms with Crippen molar-refractivity contribution in [1.82, 2.24) is 9.55 Å². The number of primary sulfonamides is 1. The lowest BCUT2D eigenvalue weighted by Gasteiger charge is -2.15. The van der Waals surface area contributed by atoms with Crippen molar-refractivity contribution in [2.45, 2.75) is 29.2 Å². The maximum Gasteiger partial charge on any atom is 0.416 e. The third-order valence-electron chi connectivity index (χ3n) is 6.20. The zero-order valence-electron chi connectivity index (χ0n) is 22.6. The van der Waals surface area contributed by atoms with Crippen molar-refractivity contribution >= 4 is 55.9 Å². The number of amides is 1. The highest BCUT2D eigenvalue weighted by molar-refractivity contribution is 7.99. The van der Waals surface area contributed by atoms with Crippen LogP contribution in [0.5, 0.6) is 11.5 Å². The third-order valence-corrected chi connectivity index (χ3v) is 8.44. The van der Waals surface area contributed by atoms with Gasteiger partial charge in [0.1, 0.15) is 0 Å². The molecule has 0 bridgehead atoms. The first-order chi connectivity index (χ1) is 20.2. The quantitative estimate of drug-likeness (QED) is 0.185. The topological polar surface area (TPSA) is 143 Å². The Kier molecular flexibility index (Phi) is 9.59. The number of hydrogen-bond donors (Lipinski definition) is 2. The molecule has 0 atom stereocenters. The first-order valence-electron chi connectivity index (χ1n) is 12.3. The fourth-order valence-corrected chi connectivity index (χ4v) is 5.54. The number of halogens is 4. The van der Waals surface area contributed by atoms with Crippen molar-refractivity contribution in [3.63, 3.8) is 0 Å². The number of ether oxygens (including phenoxy) is 2. The fourth-order valence-electron chi connectivity index (χ4n) is 4.04. The maximum atomic E-state index is 13.6. The number of alkyl halides is 3. The van der Waals surface area contributed by atoms with E-state index in [2.05, 4.69) is 10.3 Å². The van der Waals surface area contributed by atoms with Crippen LogP contribution >= 0.6 is 23.4 Å². The second kappa shape index (κ2) is 12.8. The van der Waals surface area contributed by atoms with E-state index in [-0.39, 0.29) is 50.4 Å². The molecule has 10 nitrogen and oxygen atoms in total. The van der Waals surface area contributed by atoms with E-state index >= 15 is 0 Å². The monoisotopic (exact) mass is 656 g/mol. The standard InChI is InChI=1S/C27H24ClF3N4O6S2/c1-40-22-12-18-20(13-23(22)41-2)34-26(35(25(18)37)10-9-15-3-6-17(7-4-15)43(32,38)39)42-14-24(36)33-21-11-16(27(29,30)31)5-8-19(21)28/h3-8,11-13H,9-10,14H2,1-2H3,(H,33,36)(H2,32,38,39). The van der Waals surface area contributed by atoms with Gasteiger partial charge < -0.3 is 14.8 Å². The Morgan fingerprint density at radius 1 is 1.07 bits per heavy atom. The Bertz CT molecular complexity index is 1850. The number of aryl methyl sites for hydroxylation is 1. The minimum atomic E-state index is -4.63. The number of nitrogens with zero attached hydrogens (tertiary/aromatic N) is 2. The summed E-state index contributed by atoms with van der Waals surface area (Å²) in [5, 5.41) is 7.81. The van der Waals surface area contributed by atoms with E-state index in [4.69, 9.17) is 26.2 Å². The van der Waals surface area contributed by atoms with Gasteiger partial charge >= 0.3 is 6.18 Å². The number of sulfonamides is 1. The average Bonchev–Trinajstić information content (AvgIpc) is 2.95.